The van der Waals surface area contributed by atoms with E-state index in [0.717, 1.165) is 4.31 Å². The summed E-state index contributed by atoms with van der Waals surface area (Å²) < 4.78 is 25.6. The van der Waals surface area contributed by atoms with E-state index >= 15 is 0 Å². The second-order valence-electron chi connectivity index (χ2n) is 4.70. The number of hydrogen-bond donors (Lipinski definition) is 1. The molecule has 0 aliphatic rings. The first-order chi connectivity index (χ1) is 9.84. The molecule has 6 nitrogen and oxygen atoms in total. The van der Waals surface area contributed by atoms with Crippen molar-refractivity contribution in [2.75, 3.05) is 39.0 Å². The van der Waals surface area contributed by atoms with Gasteiger partial charge in [-0.25, -0.2) is 12.7 Å². The molecule has 0 heterocycles. The number of para-hydroxylation sites is 1. The number of rotatable bonds is 7. The number of carbonyl (C=O) groups is 1. The zero-order chi connectivity index (χ0) is 16.0. The van der Waals surface area contributed by atoms with E-state index in [-0.39, 0.29) is 17.3 Å². The number of hydrogen-bond acceptors (Lipinski definition) is 4. The molecule has 0 aromatic heterocycles. The van der Waals surface area contributed by atoms with Gasteiger partial charge in [-0.05, 0) is 26.0 Å². The van der Waals surface area contributed by atoms with Crippen molar-refractivity contribution in [2.45, 2.75) is 18.7 Å². The molecule has 0 atom stereocenters. The molecule has 1 aromatic rings. The summed E-state index contributed by atoms with van der Waals surface area (Å²) in [5.74, 6) is -0.0583. The molecule has 1 rings (SSSR count). The maximum Gasteiger partial charge on any atom is 0.244 e. The van der Waals surface area contributed by atoms with Gasteiger partial charge in [0.15, 0.2) is 0 Å². The third-order valence-corrected chi connectivity index (χ3v) is 5.07. The third kappa shape index (κ3) is 4.18. The molecule has 1 aromatic carbocycles. The van der Waals surface area contributed by atoms with Gasteiger partial charge in [0.1, 0.15) is 4.90 Å². The number of sulfonamides is 1. The second kappa shape index (κ2) is 7.42. The Bertz CT molecular complexity index is 581. The van der Waals surface area contributed by atoms with Crippen LogP contribution in [-0.4, -0.2) is 57.3 Å². The van der Waals surface area contributed by atoms with E-state index in [1.165, 1.54) is 20.2 Å². The zero-order valence-electron chi connectivity index (χ0n) is 13.0. The van der Waals surface area contributed by atoms with Crippen LogP contribution in [0.3, 0.4) is 0 Å². The Morgan fingerprint density at radius 1 is 1.14 bits per heavy atom. The third-order valence-electron chi connectivity index (χ3n) is 3.19. The van der Waals surface area contributed by atoms with Crippen molar-refractivity contribution < 1.29 is 13.2 Å². The normalized spacial score (nSPS) is 11.5. The molecule has 1 amide bonds. The van der Waals surface area contributed by atoms with Crippen LogP contribution in [0.15, 0.2) is 29.2 Å². The minimum atomic E-state index is -3.54. The van der Waals surface area contributed by atoms with Crippen LogP contribution in [0.2, 0.25) is 0 Å². The van der Waals surface area contributed by atoms with Gasteiger partial charge in [0, 0.05) is 27.2 Å². The van der Waals surface area contributed by atoms with E-state index in [2.05, 4.69) is 5.32 Å². The highest BCUT2D eigenvalue weighted by atomic mass is 32.2. The van der Waals surface area contributed by atoms with Crippen LogP contribution in [0.5, 0.6) is 0 Å². The second-order valence-corrected chi connectivity index (χ2v) is 6.82. The van der Waals surface area contributed by atoms with Crippen molar-refractivity contribution in [3.63, 3.8) is 0 Å². The summed E-state index contributed by atoms with van der Waals surface area (Å²) in [6.07, 6.45) is 0. The lowest BCUT2D eigenvalue weighted by atomic mass is 10.3. The van der Waals surface area contributed by atoms with Gasteiger partial charge in [-0.2, -0.15) is 0 Å². The number of amides is 1. The van der Waals surface area contributed by atoms with E-state index in [4.69, 9.17) is 0 Å². The van der Waals surface area contributed by atoms with Crippen LogP contribution in [-0.2, 0) is 14.8 Å². The first-order valence-electron chi connectivity index (χ1n) is 6.87. The van der Waals surface area contributed by atoms with Gasteiger partial charge in [0.25, 0.3) is 0 Å². The van der Waals surface area contributed by atoms with Crippen LogP contribution in [0, 0.1) is 0 Å². The number of carbonyl (C=O) groups excluding carboxylic acids is 1. The summed E-state index contributed by atoms with van der Waals surface area (Å²) >= 11 is 0. The molecule has 0 saturated heterocycles. The first-order valence-corrected chi connectivity index (χ1v) is 8.31. The lowest BCUT2D eigenvalue weighted by Crippen LogP contribution is -2.35. The standard InChI is InChI=1S/C14H23N3O3S/c1-5-17(6-2)14(18)11-15-12-9-7-8-10-13(12)21(19,20)16(3)4/h7-10,15H,5-6,11H2,1-4H3. The maximum atomic E-state index is 12.2. The number of anilines is 1. The number of nitrogens with zero attached hydrogens (tertiary/aromatic N) is 2. The molecule has 0 radical (unpaired) electrons. The lowest BCUT2D eigenvalue weighted by molar-refractivity contribution is -0.128. The fourth-order valence-electron chi connectivity index (χ4n) is 1.89. The SMILES string of the molecule is CCN(CC)C(=O)CNc1ccccc1S(=O)(=O)N(C)C. The Morgan fingerprint density at radius 3 is 2.24 bits per heavy atom. The quantitative estimate of drug-likeness (QED) is 0.821. The summed E-state index contributed by atoms with van der Waals surface area (Å²) in [5.41, 5.74) is 0.437. The van der Waals surface area contributed by atoms with Crippen molar-refractivity contribution in [3.05, 3.63) is 24.3 Å². The average molecular weight is 313 g/mol. The molecule has 0 saturated carbocycles. The summed E-state index contributed by atoms with van der Waals surface area (Å²) in [7, 11) is -0.582. The average Bonchev–Trinajstić information content (AvgIpc) is 2.46. The molecule has 1 N–H and O–H groups in total. The summed E-state index contributed by atoms with van der Waals surface area (Å²) in [4.78, 5) is 13.8. The van der Waals surface area contributed by atoms with Gasteiger partial charge in [-0.1, -0.05) is 12.1 Å². The minimum absolute atomic E-state index is 0.0583. The minimum Gasteiger partial charge on any atom is -0.375 e. The molecule has 0 bridgehead atoms. The van der Waals surface area contributed by atoms with Gasteiger partial charge < -0.3 is 10.2 Å². The zero-order valence-corrected chi connectivity index (χ0v) is 13.8. The Balaban J connectivity index is 2.94. The van der Waals surface area contributed by atoms with Gasteiger partial charge in [-0.3, -0.25) is 4.79 Å². The molecule has 7 heteroatoms. The predicted molar refractivity (Wildman–Crippen MR) is 83.7 cm³/mol. The molecule has 21 heavy (non-hydrogen) atoms. The molecular formula is C14H23N3O3S. The van der Waals surface area contributed by atoms with Crippen molar-refractivity contribution in [1.29, 1.82) is 0 Å². The van der Waals surface area contributed by atoms with Crippen molar-refractivity contribution in [2.24, 2.45) is 0 Å². The number of benzene rings is 1. The highest BCUT2D eigenvalue weighted by molar-refractivity contribution is 7.89. The van der Waals surface area contributed by atoms with Crippen molar-refractivity contribution >= 4 is 21.6 Å². The molecule has 118 valence electrons. The largest absolute Gasteiger partial charge is 0.375 e. The predicted octanol–water partition coefficient (Wildman–Crippen LogP) is 1.22. The van der Waals surface area contributed by atoms with E-state index in [1.54, 1.807) is 23.1 Å². The summed E-state index contributed by atoms with van der Waals surface area (Å²) in [5, 5.41) is 2.93. The Hall–Kier alpha value is -1.60. The number of likely N-dealkylation sites (N-methyl/N-ethyl adjacent to an activating group) is 1. The highest BCUT2D eigenvalue weighted by Gasteiger charge is 2.21. The van der Waals surface area contributed by atoms with Crippen LogP contribution >= 0.6 is 0 Å². The Kier molecular flexibility index (Phi) is 6.17. The fourth-order valence-corrected chi connectivity index (χ4v) is 2.96. The topological polar surface area (TPSA) is 69.7 Å². The summed E-state index contributed by atoms with van der Waals surface area (Å²) in [6.45, 7) is 5.16. The molecule has 0 unspecified atom stereocenters. The monoisotopic (exact) mass is 313 g/mol. The Labute approximate surface area is 126 Å². The molecule has 0 spiro atoms. The van der Waals surface area contributed by atoms with Crippen LogP contribution in [0.1, 0.15) is 13.8 Å². The van der Waals surface area contributed by atoms with E-state index in [0.29, 0.717) is 18.8 Å². The lowest BCUT2D eigenvalue weighted by Gasteiger charge is -2.20. The molecule has 0 aliphatic carbocycles. The van der Waals surface area contributed by atoms with Gasteiger partial charge in [-0.15, -0.1) is 0 Å². The molecular weight excluding hydrogens is 290 g/mol. The first kappa shape index (κ1) is 17.5. The molecule has 0 aliphatic heterocycles. The summed E-state index contributed by atoms with van der Waals surface area (Å²) in [6, 6.07) is 6.58. The van der Waals surface area contributed by atoms with E-state index in [9.17, 15) is 13.2 Å². The van der Waals surface area contributed by atoms with E-state index < -0.39 is 10.0 Å². The van der Waals surface area contributed by atoms with Crippen LogP contribution < -0.4 is 5.32 Å². The number of nitrogens with one attached hydrogen (secondary N) is 1. The highest BCUT2D eigenvalue weighted by Crippen LogP contribution is 2.22. The van der Waals surface area contributed by atoms with Gasteiger partial charge in [0.05, 0.1) is 12.2 Å². The van der Waals surface area contributed by atoms with E-state index in [1.807, 2.05) is 13.8 Å². The van der Waals surface area contributed by atoms with Crippen LogP contribution in [0.4, 0.5) is 5.69 Å². The van der Waals surface area contributed by atoms with Crippen molar-refractivity contribution in [1.82, 2.24) is 9.21 Å². The maximum absolute atomic E-state index is 12.2. The molecule has 0 fully saturated rings. The van der Waals surface area contributed by atoms with Crippen LogP contribution in [0.25, 0.3) is 0 Å². The van der Waals surface area contributed by atoms with Crippen molar-refractivity contribution in [3.8, 4) is 0 Å². The smallest absolute Gasteiger partial charge is 0.244 e. The van der Waals surface area contributed by atoms with Gasteiger partial charge in [0.2, 0.25) is 15.9 Å². The van der Waals surface area contributed by atoms with Gasteiger partial charge >= 0.3 is 0 Å². The fraction of sp³-hybridized carbons (Fsp3) is 0.500. The Morgan fingerprint density at radius 2 is 1.71 bits per heavy atom.